The molecular weight excluding hydrogens is 422 g/mol. The third-order valence-corrected chi connectivity index (χ3v) is 5.89. The summed E-state index contributed by atoms with van der Waals surface area (Å²) in [5.41, 5.74) is 4.24. The Morgan fingerprint density at radius 1 is 1.06 bits per heavy atom. The SMILES string of the molecule is CCC[C@H](NC(=O)Cc1c(C)c2cc3c(-c4ccc(C)cc4)coc3cc2oc1=O)C(=O)O. The lowest BCUT2D eigenvalue weighted by molar-refractivity contribution is -0.141. The summed E-state index contributed by atoms with van der Waals surface area (Å²) in [5, 5.41) is 13.3. The predicted molar refractivity (Wildman–Crippen MR) is 125 cm³/mol. The topological polar surface area (TPSA) is 110 Å². The molecule has 0 saturated heterocycles. The number of aryl methyl sites for hydroxylation is 2. The zero-order valence-corrected chi connectivity index (χ0v) is 18.7. The highest BCUT2D eigenvalue weighted by Crippen LogP contribution is 2.34. The smallest absolute Gasteiger partial charge is 0.340 e. The summed E-state index contributed by atoms with van der Waals surface area (Å²) in [4.78, 5) is 36.5. The van der Waals surface area contributed by atoms with Gasteiger partial charge in [-0.25, -0.2) is 9.59 Å². The molecule has 2 aromatic carbocycles. The van der Waals surface area contributed by atoms with E-state index in [1.165, 1.54) is 0 Å². The van der Waals surface area contributed by atoms with E-state index in [0.29, 0.717) is 35.0 Å². The second kappa shape index (κ2) is 8.94. The molecule has 2 heterocycles. The maximum Gasteiger partial charge on any atom is 0.340 e. The van der Waals surface area contributed by atoms with E-state index < -0.39 is 23.5 Å². The van der Waals surface area contributed by atoms with Crippen LogP contribution in [0.5, 0.6) is 0 Å². The van der Waals surface area contributed by atoms with Crippen LogP contribution < -0.4 is 10.9 Å². The Kier molecular flexibility index (Phi) is 6.05. The molecule has 0 fully saturated rings. The van der Waals surface area contributed by atoms with E-state index in [1.807, 2.05) is 44.2 Å². The fraction of sp³-hybridized carbons (Fsp3) is 0.269. The number of fused-ring (bicyclic) bond motifs is 2. The summed E-state index contributed by atoms with van der Waals surface area (Å²) >= 11 is 0. The van der Waals surface area contributed by atoms with Crippen molar-refractivity contribution in [1.29, 1.82) is 0 Å². The average Bonchev–Trinajstić information content (AvgIpc) is 3.18. The van der Waals surface area contributed by atoms with Crippen molar-refractivity contribution in [3.63, 3.8) is 0 Å². The molecule has 0 saturated carbocycles. The molecule has 4 rings (SSSR count). The molecule has 1 atom stereocenters. The predicted octanol–water partition coefficient (Wildman–Crippen LogP) is 4.74. The van der Waals surface area contributed by atoms with Crippen LogP contribution in [0.4, 0.5) is 0 Å². The Balaban J connectivity index is 1.74. The number of furan rings is 1. The van der Waals surface area contributed by atoms with Crippen molar-refractivity contribution >= 4 is 33.8 Å². The number of amides is 1. The number of hydrogen-bond donors (Lipinski definition) is 2. The second-order valence-electron chi connectivity index (χ2n) is 8.28. The first kappa shape index (κ1) is 22.3. The first-order valence-electron chi connectivity index (χ1n) is 10.8. The number of carboxylic acid groups (broad SMARTS) is 1. The minimum absolute atomic E-state index is 0.209. The van der Waals surface area contributed by atoms with Crippen molar-refractivity contribution in [2.75, 3.05) is 0 Å². The van der Waals surface area contributed by atoms with Crippen molar-refractivity contribution in [3.8, 4) is 11.1 Å². The molecule has 33 heavy (non-hydrogen) atoms. The molecule has 1 amide bonds. The fourth-order valence-corrected chi connectivity index (χ4v) is 4.02. The molecule has 0 aliphatic carbocycles. The lowest BCUT2D eigenvalue weighted by atomic mass is 9.99. The first-order valence-corrected chi connectivity index (χ1v) is 10.8. The normalized spacial score (nSPS) is 12.2. The molecule has 0 bridgehead atoms. The van der Waals surface area contributed by atoms with Crippen LogP contribution in [0, 0.1) is 13.8 Å². The van der Waals surface area contributed by atoms with Crippen molar-refractivity contribution in [2.24, 2.45) is 0 Å². The van der Waals surface area contributed by atoms with Crippen LogP contribution in [-0.2, 0) is 16.0 Å². The van der Waals surface area contributed by atoms with Crippen LogP contribution in [0.1, 0.15) is 36.5 Å². The molecule has 0 spiro atoms. The molecule has 170 valence electrons. The largest absolute Gasteiger partial charge is 0.480 e. The van der Waals surface area contributed by atoms with Gasteiger partial charge in [-0.3, -0.25) is 4.79 Å². The summed E-state index contributed by atoms with van der Waals surface area (Å²) in [6.07, 6.45) is 2.34. The Bertz CT molecular complexity index is 1410. The van der Waals surface area contributed by atoms with Gasteiger partial charge in [0.2, 0.25) is 5.91 Å². The Labute approximate surface area is 190 Å². The standard InChI is InChI=1S/C26H25NO6/c1-4-5-21(25(29)30)27-24(28)11-18-15(3)17-10-19-20(16-8-6-14(2)7-9-16)13-32-22(19)12-23(17)33-26(18)31/h6-10,12-13,21H,4-5,11H2,1-3H3,(H,27,28)(H,29,30)/t21-/m0/s1. The molecular formula is C26H25NO6. The fourth-order valence-electron chi connectivity index (χ4n) is 4.02. The second-order valence-corrected chi connectivity index (χ2v) is 8.28. The number of carbonyl (C=O) groups is 2. The van der Waals surface area contributed by atoms with E-state index in [-0.39, 0.29) is 12.0 Å². The third kappa shape index (κ3) is 4.39. The lowest BCUT2D eigenvalue weighted by Crippen LogP contribution is -2.41. The minimum Gasteiger partial charge on any atom is -0.480 e. The number of nitrogens with one attached hydrogen (secondary N) is 1. The summed E-state index contributed by atoms with van der Waals surface area (Å²) in [6, 6.07) is 10.7. The van der Waals surface area contributed by atoms with E-state index in [4.69, 9.17) is 8.83 Å². The maximum absolute atomic E-state index is 12.6. The molecule has 2 aromatic heterocycles. The van der Waals surface area contributed by atoms with Gasteiger partial charge in [-0.05, 0) is 37.5 Å². The van der Waals surface area contributed by atoms with Gasteiger partial charge < -0.3 is 19.3 Å². The van der Waals surface area contributed by atoms with Gasteiger partial charge in [-0.1, -0.05) is 43.2 Å². The highest BCUT2D eigenvalue weighted by molar-refractivity contribution is 6.02. The third-order valence-electron chi connectivity index (χ3n) is 5.89. The van der Waals surface area contributed by atoms with Gasteiger partial charge in [0.1, 0.15) is 17.2 Å². The number of benzene rings is 2. The molecule has 7 heteroatoms. The summed E-state index contributed by atoms with van der Waals surface area (Å²) in [5.74, 6) is -1.63. The Hall–Kier alpha value is -3.87. The molecule has 0 radical (unpaired) electrons. The average molecular weight is 447 g/mol. The number of carbonyl (C=O) groups excluding carboxylic acids is 1. The van der Waals surface area contributed by atoms with E-state index >= 15 is 0 Å². The lowest BCUT2D eigenvalue weighted by Gasteiger charge is -2.14. The molecule has 0 aliphatic rings. The molecule has 4 aromatic rings. The van der Waals surface area contributed by atoms with Crippen molar-refractivity contribution in [3.05, 3.63) is 69.8 Å². The van der Waals surface area contributed by atoms with E-state index in [0.717, 1.165) is 22.1 Å². The van der Waals surface area contributed by atoms with Crippen molar-refractivity contribution in [1.82, 2.24) is 5.32 Å². The van der Waals surface area contributed by atoms with Crippen LogP contribution in [0.2, 0.25) is 0 Å². The maximum atomic E-state index is 12.6. The van der Waals surface area contributed by atoms with E-state index in [9.17, 15) is 19.5 Å². The van der Waals surface area contributed by atoms with Crippen LogP contribution in [-0.4, -0.2) is 23.0 Å². The monoisotopic (exact) mass is 447 g/mol. The Morgan fingerprint density at radius 2 is 1.79 bits per heavy atom. The first-order chi connectivity index (χ1) is 15.8. The zero-order chi connectivity index (χ0) is 23.7. The molecule has 2 N–H and O–H groups in total. The number of rotatable bonds is 7. The Morgan fingerprint density at radius 3 is 2.45 bits per heavy atom. The van der Waals surface area contributed by atoms with Gasteiger partial charge in [0.05, 0.1) is 18.2 Å². The van der Waals surface area contributed by atoms with Gasteiger partial charge in [0, 0.05) is 22.4 Å². The van der Waals surface area contributed by atoms with Gasteiger partial charge >= 0.3 is 11.6 Å². The summed E-state index contributed by atoms with van der Waals surface area (Å²) in [6.45, 7) is 5.63. The number of hydrogen-bond acceptors (Lipinski definition) is 5. The minimum atomic E-state index is -1.10. The highest BCUT2D eigenvalue weighted by atomic mass is 16.4. The highest BCUT2D eigenvalue weighted by Gasteiger charge is 2.22. The molecule has 7 nitrogen and oxygen atoms in total. The van der Waals surface area contributed by atoms with Crippen LogP contribution in [0.25, 0.3) is 33.1 Å². The number of carboxylic acids is 1. The van der Waals surface area contributed by atoms with Gasteiger partial charge in [0.25, 0.3) is 0 Å². The van der Waals surface area contributed by atoms with Gasteiger partial charge in [-0.15, -0.1) is 0 Å². The van der Waals surface area contributed by atoms with Crippen LogP contribution in [0.3, 0.4) is 0 Å². The van der Waals surface area contributed by atoms with Gasteiger partial charge in [-0.2, -0.15) is 0 Å². The van der Waals surface area contributed by atoms with Crippen molar-refractivity contribution in [2.45, 2.75) is 46.1 Å². The molecule has 0 aliphatic heterocycles. The quantitative estimate of drug-likeness (QED) is 0.396. The summed E-state index contributed by atoms with van der Waals surface area (Å²) in [7, 11) is 0. The zero-order valence-electron chi connectivity index (χ0n) is 18.7. The van der Waals surface area contributed by atoms with Crippen LogP contribution in [0.15, 0.2) is 56.3 Å². The van der Waals surface area contributed by atoms with Gasteiger partial charge in [0.15, 0.2) is 0 Å². The number of aliphatic carboxylic acids is 1. The molecule has 0 unspecified atom stereocenters. The van der Waals surface area contributed by atoms with Crippen LogP contribution >= 0.6 is 0 Å². The van der Waals surface area contributed by atoms with E-state index in [1.54, 1.807) is 19.3 Å². The van der Waals surface area contributed by atoms with Crippen molar-refractivity contribution < 1.29 is 23.5 Å². The van der Waals surface area contributed by atoms with E-state index in [2.05, 4.69) is 5.32 Å². The summed E-state index contributed by atoms with van der Waals surface area (Å²) < 4.78 is 11.2.